The summed E-state index contributed by atoms with van der Waals surface area (Å²) in [5, 5.41) is 0.614. The minimum absolute atomic E-state index is 0.383. The lowest BCUT2D eigenvalue weighted by Gasteiger charge is -2.32. The predicted octanol–water partition coefficient (Wildman–Crippen LogP) is 1.90. The second-order valence-electron chi connectivity index (χ2n) is 6.94. The molecular weight excluding hydrogens is 317 g/mol. The highest BCUT2D eigenvalue weighted by Crippen LogP contribution is 2.38. The van der Waals surface area contributed by atoms with Crippen molar-refractivity contribution in [3.63, 3.8) is 0 Å². The number of nitrogens with zero attached hydrogens (tertiary/aromatic N) is 3. The molecule has 1 aliphatic rings. The largest absolute Gasteiger partial charge is 0.494 e. The van der Waals surface area contributed by atoms with Crippen molar-refractivity contribution in [1.29, 1.82) is 0 Å². The van der Waals surface area contributed by atoms with E-state index in [0.717, 1.165) is 5.47 Å². The third-order valence-corrected chi connectivity index (χ3v) is 4.67. The molecule has 0 saturated carbocycles. The van der Waals surface area contributed by atoms with Crippen molar-refractivity contribution in [2.45, 2.75) is 45.8 Å². The van der Waals surface area contributed by atoms with Gasteiger partial charge in [0.1, 0.15) is 16.5 Å². The quantitative estimate of drug-likeness (QED) is 0.796. The molecule has 0 aromatic carbocycles. The first-order valence-corrected chi connectivity index (χ1v) is 8.19. The molecule has 1 aliphatic heterocycles. The minimum atomic E-state index is -0.467. The van der Waals surface area contributed by atoms with Crippen LogP contribution in [0.4, 0.5) is 0 Å². The van der Waals surface area contributed by atoms with Gasteiger partial charge in [0.2, 0.25) is 5.89 Å². The van der Waals surface area contributed by atoms with Crippen LogP contribution in [0.2, 0.25) is 0 Å². The van der Waals surface area contributed by atoms with Crippen molar-refractivity contribution in [3.8, 4) is 11.6 Å². The fraction of sp³-hybridized carbons (Fsp3) is 0.389. The molecule has 3 rings (SSSR count). The molecule has 130 valence electrons. The van der Waals surface area contributed by atoms with E-state index < -0.39 is 18.3 Å². The van der Waals surface area contributed by atoms with Gasteiger partial charge in [-0.3, -0.25) is 4.98 Å². The van der Waals surface area contributed by atoms with Gasteiger partial charge in [-0.15, -0.1) is 0 Å². The van der Waals surface area contributed by atoms with Crippen molar-refractivity contribution in [1.82, 2.24) is 15.0 Å². The number of aromatic nitrogens is 3. The second kappa shape index (κ2) is 6.24. The van der Waals surface area contributed by atoms with Crippen LogP contribution in [-0.2, 0) is 9.31 Å². The molecule has 0 bridgehead atoms. The lowest BCUT2D eigenvalue weighted by molar-refractivity contribution is 0.00578. The lowest BCUT2D eigenvalue weighted by Crippen LogP contribution is -2.41. The van der Waals surface area contributed by atoms with Gasteiger partial charge in [-0.05, 0) is 46.2 Å². The molecule has 0 radical (unpaired) electrons. The Hall–Kier alpha value is -2.25. The van der Waals surface area contributed by atoms with Crippen LogP contribution in [0.15, 0.2) is 34.6 Å². The van der Waals surface area contributed by atoms with E-state index in [1.165, 1.54) is 0 Å². The van der Waals surface area contributed by atoms with Crippen LogP contribution in [0.25, 0.3) is 24.2 Å². The second-order valence-corrected chi connectivity index (χ2v) is 6.94. The topological polar surface area (TPSA) is 70.3 Å². The highest BCUT2D eigenvalue weighted by atomic mass is 16.7. The summed E-state index contributed by atoms with van der Waals surface area (Å²) in [4.78, 5) is 12.7. The average Bonchev–Trinajstić information content (AvgIpc) is 3.02. The molecule has 0 unspecified atom stereocenters. The first kappa shape index (κ1) is 17.6. The molecule has 0 aliphatic carbocycles. The molecule has 2 aromatic rings. The minimum Gasteiger partial charge on any atom is -0.435 e. The Bertz CT molecular complexity index is 887. The van der Waals surface area contributed by atoms with E-state index in [9.17, 15) is 0 Å². The summed E-state index contributed by atoms with van der Waals surface area (Å²) in [6.07, 6.45) is 8.60. The number of oxazole rings is 1. The normalized spacial score (nSPS) is 20.3. The molecule has 0 atom stereocenters. The van der Waals surface area contributed by atoms with Gasteiger partial charge in [-0.25, -0.2) is 9.97 Å². The van der Waals surface area contributed by atoms with Crippen LogP contribution in [0, 0.1) is 0 Å². The third-order valence-electron chi connectivity index (χ3n) is 4.67. The van der Waals surface area contributed by atoms with Crippen LogP contribution < -0.4 is 10.8 Å². The van der Waals surface area contributed by atoms with Gasteiger partial charge in [-0.2, -0.15) is 0 Å². The van der Waals surface area contributed by atoms with Crippen molar-refractivity contribution in [3.05, 3.63) is 40.9 Å². The zero-order chi connectivity index (χ0) is 18.2. The van der Waals surface area contributed by atoms with Crippen LogP contribution in [-0.4, -0.2) is 33.3 Å². The molecule has 25 heavy (non-hydrogen) atoms. The van der Waals surface area contributed by atoms with Crippen molar-refractivity contribution < 1.29 is 13.7 Å². The molecule has 1 saturated heterocycles. The predicted molar refractivity (Wildman–Crippen MR) is 96.6 cm³/mol. The standard InChI is InChI=1S/C18H22BN3O3/c1-7-13(19-24-17(3,4)18(5,6)25-19)10-14-12(2)23-16(22-14)15-11-20-8-9-21-15/h7-11H,2H2,1,3-6H3/b13-7+,14-10+. The maximum atomic E-state index is 6.10. The monoisotopic (exact) mass is 339 g/mol. The summed E-state index contributed by atoms with van der Waals surface area (Å²) in [6.45, 7) is 13.9. The zero-order valence-electron chi connectivity index (χ0n) is 15.2. The van der Waals surface area contributed by atoms with Gasteiger partial charge in [0.15, 0.2) is 0 Å². The molecule has 6 nitrogen and oxygen atoms in total. The van der Waals surface area contributed by atoms with E-state index in [4.69, 9.17) is 13.7 Å². The number of hydrogen-bond donors (Lipinski definition) is 0. The summed E-state index contributed by atoms with van der Waals surface area (Å²) in [5.74, 6) is 0.383. The molecule has 0 amide bonds. The Morgan fingerprint density at radius 3 is 2.40 bits per heavy atom. The van der Waals surface area contributed by atoms with Gasteiger partial charge in [0.25, 0.3) is 0 Å². The fourth-order valence-electron chi connectivity index (χ4n) is 2.42. The van der Waals surface area contributed by atoms with Crippen LogP contribution in [0.1, 0.15) is 34.6 Å². The summed E-state index contributed by atoms with van der Waals surface area (Å²) in [7, 11) is -0.467. The molecule has 7 heteroatoms. The highest BCUT2D eigenvalue weighted by Gasteiger charge is 2.51. The van der Waals surface area contributed by atoms with Gasteiger partial charge in [0, 0.05) is 12.4 Å². The number of hydrogen-bond acceptors (Lipinski definition) is 6. The average molecular weight is 339 g/mol. The Morgan fingerprint density at radius 2 is 1.84 bits per heavy atom. The van der Waals surface area contributed by atoms with Gasteiger partial charge in [-0.1, -0.05) is 12.7 Å². The zero-order valence-corrected chi connectivity index (χ0v) is 15.2. The summed E-state index contributed by atoms with van der Waals surface area (Å²) < 4.78 is 17.8. The molecule has 0 N–H and O–H groups in total. The smallest absolute Gasteiger partial charge is 0.435 e. The van der Waals surface area contributed by atoms with E-state index >= 15 is 0 Å². The van der Waals surface area contributed by atoms with E-state index in [1.54, 1.807) is 18.6 Å². The van der Waals surface area contributed by atoms with E-state index in [1.807, 2.05) is 46.8 Å². The Kier molecular flexibility index (Phi) is 4.39. The van der Waals surface area contributed by atoms with Crippen LogP contribution >= 0.6 is 0 Å². The molecule has 0 spiro atoms. The Morgan fingerprint density at radius 1 is 1.16 bits per heavy atom. The molecule has 2 aromatic heterocycles. The first-order chi connectivity index (χ1) is 11.7. The lowest BCUT2D eigenvalue weighted by atomic mass is 9.78. The summed E-state index contributed by atoms with van der Waals surface area (Å²) in [6, 6.07) is 0. The van der Waals surface area contributed by atoms with Gasteiger partial charge >= 0.3 is 7.12 Å². The van der Waals surface area contributed by atoms with Gasteiger partial charge in [0.05, 0.1) is 17.4 Å². The number of rotatable bonds is 3. The first-order valence-electron chi connectivity index (χ1n) is 8.19. The van der Waals surface area contributed by atoms with Crippen LogP contribution in [0.3, 0.4) is 0 Å². The third kappa shape index (κ3) is 3.30. The van der Waals surface area contributed by atoms with E-state index in [2.05, 4.69) is 21.5 Å². The maximum absolute atomic E-state index is 6.10. The van der Waals surface area contributed by atoms with E-state index in [-0.39, 0.29) is 0 Å². The summed E-state index contributed by atoms with van der Waals surface area (Å²) in [5.41, 5.74) is 1.08. The van der Waals surface area contributed by atoms with E-state index in [0.29, 0.717) is 22.3 Å². The molecule has 1 fully saturated rings. The highest BCUT2D eigenvalue weighted by molar-refractivity contribution is 6.57. The van der Waals surface area contributed by atoms with Crippen molar-refractivity contribution in [2.75, 3.05) is 0 Å². The van der Waals surface area contributed by atoms with Crippen molar-refractivity contribution in [2.24, 2.45) is 0 Å². The fourth-order valence-corrected chi connectivity index (χ4v) is 2.42. The SMILES string of the molecule is C=c1oc(-c2cnccn2)n/c1=C/C(=C\C)B1OC(C)(C)C(C)(C)O1. The van der Waals surface area contributed by atoms with Crippen molar-refractivity contribution >= 4 is 19.8 Å². The van der Waals surface area contributed by atoms with Crippen LogP contribution in [0.5, 0.6) is 0 Å². The number of allylic oxidation sites excluding steroid dienone is 2. The van der Waals surface area contributed by atoms with Gasteiger partial charge < -0.3 is 13.7 Å². The molecule has 3 heterocycles. The maximum Gasteiger partial charge on any atom is 0.494 e. The Labute approximate surface area is 147 Å². The Balaban J connectivity index is 1.95. The molecular formula is C18H22BN3O3. The summed E-state index contributed by atoms with van der Waals surface area (Å²) >= 11 is 0.